The summed E-state index contributed by atoms with van der Waals surface area (Å²) in [5.41, 5.74) is 1.34. The minimum Gasteiger partial charge on any atom is -0.496 e. The van der Waals surface area contributed by atoms with Gasteiger partial charge in [-0.2, -0.15) is 0 Å². The molecule has 0 bridgehead atoms. The Labute approximate surface area is 110 Å². The van der Waals surface area contributed by atoms with E-state index >= 15 is 0 Å². The summed E-state index contributed by atoms with van der Waals surface area (Å²) in [5.74, 6) is -0.938. The highest BCUT2D eigenvalue weighted by Crippen LogP contribution is 2.25. The number of rotatable bonds is 5. The Morgan fingerprint density at radius 2 is 2.16 bits per heavy atom. The Bertz CT molecular complexity index is 558. The maximum Gasteiger partial charge on any atom is 0.312 e. The van der Waals surface area contributed by atoms with E-state index in [-0.39, 0.29) is 0 Å². The zero-order valence-corrected chi connectivity index (χ0v) is 10.5. The standard InChI is InChI=1S/C14H14N2O3/c1-19-13-5-3-2-4-10(13)8-11(14(17)18)12-6-7-15-9-16-12/h2-7,9,11H,8H2,1H3,(H,17,18). The molecule has 2 rings (SSSR count). The molecule has 0 aliphatic carbocycles. The van der Waals surface area contributed by atoms with E-state index in [0.29, 0.717) is 17.9 Å². The van der Waals surface area contributed by atoms with Gasteiger partial charge in [0.2, 0.25) is 0 Å². The van der Waals surface area contributed by atoms with Crippen molar-refractivity contribution in [2.24, 2.45) is 0 Å². The molecule has 0 aliphatic heterocycles. The summed E-state index contributed by atoms with van der Waals surface area (Å²) in [4.78, 5) is 19.2. The normalized spacial score (nSPS) is 11.8. The number of methoxy groups -OCH3 is 1. The van der Waals surface area contributed by atoms with E-state index in [9.17, 15) is 9.90 Å². The van der Waals surface area contributed by atoms with Crippen molar-refractivity contribution in [3.8, 4) is 5.75 Å². The SMILES string of the molecule is COc1ccccc1CC(C(=O)O)c1ccncn1. The van der Waals surface area contributed by atoms with Crippen LogP contribution in [0.25, 0.3) is 0 Å². The van der Waals surface area contributed by atoms with Gasteiger partial charge in [0.25, 0.3) is 0 Å². The molecule has 1 aromatic heterocycles. The molecule has 0 saturated carbocycles. The molecule has 0 radical (unpaired) electrons. The van der Waals surface area contributed by atoms with Gasteiger partial charge in [0, 0.05) is 6.20 Å². The van der Waals surface area contributed by atoms with E-state index in [2.05, 4.69) is 9.97 Å². The molecule has 5 nitrogen and oxygen atoms in total. The number of hydrogen-bond acceptors (Lipinski definition) is 4. The molecule has 2 aromatic rings. The first-order valence-corrected chi connectivity index (χ1v) is 5.83. The number of aromatic nitrogens is 2. The number of ether oxygens (including phenoxy) is 1. The van der Waals surface area contributed by atoms with Gasteiger partial charge in [-0.05, 0) is 24.1 Å². The summed E-state index contributed by atoms with van der Waals surface area (Å²) in [6, 6.07) is 9.00. The number of carboxylic acid groups (broad SMARTS) is 1. The Morgan fingerprint density at radius 1 is 1.37 bits per heavy atom. The Kier molecular flexibility index (Phi) is 4.07. The van der Waals surface area contributed by atoms with Crippen molar-refractivity contribution in [3.63, 3.8) is 0 Å². The van der Waals surface area contributed by atoms with Crippen molar-refractivity contribution in [3.05, 3.63) is 54.1 Å². The predicted molar refractivity (Wildman–Crippen MR) is 69.1 cm³/mol. The molecular formula is C14H14N2O3. The average Bonchev–Trinajstić information content (AvgIpc) is 2.45. The molecule has 98 valence electrons. The lowest BCUT2D eigenvalue weighted by Gasteiger charge is -2.14. The minimum absolute atomic E-state index is 0.330. The number of aliphatic carboxylic acids is 1. The van der Waals surface area contributed by atoms with E-state index in [1.54, 1.807) is 19.4 Å². The molecule has 5 heteroatoms. The molecule has 1 unspecified atom stereocenters. The van der Waals surface area contributed by atoms with Crippen molar-refractivity contribution >= 4 is 5.97 Å². The lowest BCUT2D eigenvalue weighted by molar-refractivity contribution is -0.138. The number of nitrogens with zero attached hydrogens (tertiary/aromatic N) is 2. The molecular weight excluding hydrogens is 244 g/mol. The highest BCUT2D eigenvalue weighted by molar-refractivity contribution is 5.76. The third-order valence-electron chi connectivity index (χ3n) is 2.88. The maximum absolute atomic E-state index is 11.4. The first-order chi connectivity index (χ1) is 9.22. The maximum atomic E-state index is 11.4. The molecule has 0 spiro atoms. The minimum atomic E-state index is -0.912. The van der Waals surface area contributed by atoms with E-state index in [0.717, 1.165) is 5.56 Å². The Hall–Kier alpha value is -2.43. The zero-order valence-electron chi connectivity index (χ0n) is 10.5. The fourth-order valence-corrected chi connectivity index (χ4v) is 1.92. The molecule has 0 fully saturated rings. The van der Waals surface area contributed by atoms with Gasteiger partial charge in [0.15, 0.2) is 0 Å². The van der Waals surface area contributed by atoms with Crippen molar-refractivity contribution in [1.82, 2.24) is 9.97 Å². The van der Waals surface area contributed by atoms with Gasteiger partial charge in [-0.1, -0.05) is 18.2 Å². The van der Waals surface area contributed by atoms with Gasteiger partial charge in [0.1, 0.15) is 18.0 Å². The van der Waals surface area contributed by atoms with Crippen molar-refractivity contribution in [1.29, 1.82) is 0 Å². The molecule has 19 heavy (non-hydrogen) atoms. The summed E-state index contributed by atoms with van der Waals surface area (Å²) >= 11 is 0. The molecule has 1 heterocycles. The predicted octanol–water partition coefficient (Wildman–Crippen LogP) is 1.90. The third-order valence-corrected chi connectivity index (χ3v) is 2.88. The summed E-state index contributed by atoms with van der Waals surface area (Å²) < 4.78 is 5.24. The van der Waals surface area contributed by atoms with Crippen LogP contribution >= 0.6 is 0 Å². The highest BCUT2D eigenvalue weighted by atomic mass is 16.5. The number of para-hydroxylation sites is 1. The van der Waals surface area contributed by atoms with Gasteiger partial charge in [0.05, 0.1) is 12.8 Å². The Morgan fingerprint density at radius 3 is 2.79 bits per heavy atom. The van der Waals surface area contributed by atoms with Crippen LogP contribution in [0.5, 0.6) is 5.75 Å². The molecule has 0 saturated heterocycles. The summed E-state index contributed by atoms with van der Waals surface area (Å²) in [6.45, 7) is 0. The average molecular weight is 258 g/mol. The molecule has 0 amide bonds. The van der Waals surface area contributed by atoms with Crippen LogP contribution in [0, 0.1) is 0 Å². The van der Waals surface area contributed by atoms with E-state index in [1.807, 2.05) is 24.3 Å². The van der Waals surface area contributed by atoms with Crippen LogP contribution < -0.4 is 4.74 Å². The van der Waals surface area contributed by atoms with Crippen LogP contribution in [0.4, 0.5) is 0 Å². The van der Waals surface area contributed by atoms with Crippen LogP contribution in [0.3, 0.4) is 0 Å². The summed E-state index contributed by atoms with van der Waals surface area (Å²) in [6.07, 6.45) is 3.23. The number of carboxylic acids is 1. The van der Waals surface area contributed by atoms with Crippen molar-refractivity contribution in [2.45, 2.75) is 12.3 Å². The second kappa shape index (κ2) is 5.95. The van der Waals surface area contributed by atoms with Crippen LogP contribution in [0.15, 0.2) is 42.9 Å². The van der Waals surface area contributed by atoms with Crippen molar-refractivity contribution < 1.29 is 14.6 Å². The fraction of sp³-hybridized carbons (Fsp3) is 0.214. The van der Waals surface area contributed by atoms with E-state index in [1.165, 1.54) is 6.33 Å². The first-order valence-electron chi connectivity index (χ1n) is 5.83. The second-order valence-corrected chi connectivity index (χ2v) is 4.04. The monoisotopic (exact) mass is 258 g/mol. The first kappa shape index (κ1) is 13.0. The number of carbonyl (C=O) groups is 1. The van der Waals surface area contributed by atoms with Crippen LogP contribution in [-0.4, -0.2) is 28.2 Å². The summed E-state index contributed by atoms with van der Waals surface area (Å²) in [5, 5.41) is 9.35. The summed E-state index contributed by atoms with van der Waals surface area (Å²) in [7, 11) is 1.57. The van der Waals surface area contributed by atoms with E-state index in [4.69, 9.17) is 4.74 Å². The van der Waals surface area contributed by atoms with Gasteiger partial charge in [-0.15, -0.1) is 0 Å². The smallest absolute Gasteiger partial charge is 0.312 e. The van der Waals surface area contributed by atoms with Crippen LogP contribution in [0.1, 0.15) is 17.2 Å². The lowest BCUT2D eigenvalue weighted by atomic mass is 9.95. The van der Waals surface area contributed by atoms with Crippen molar-refractivity contribution in [2.75, 3.05) is 7.11 Å². The molecule has 0 aliphatic rings. The van der Waals surface area contributed by atoms with Gasteiger partial charge in [-0.25, -0.2) is 9.97 Å². The van der Waals surface area contributed by atoms with Gasteiger partial charge >= 0.3 is 5.97 Å². The van der Waals surface area contributed by atoms with Crippen LogP contribution in [0.2, 0.25) is 0 Å². The van der Waals surface area contributed by atoms with Crippen LogP contribution in [-0.2, 0) is 11.2 Å². The highest BCUT2D eigenvalue weighted by Gasteiger charge is 2.22. The quantitative estimate of drug-likeness (QED) is 0.886. The lowest BCUT2D eigenvalue weighted by Crippen LogP contribution is -2.16. The molecule has 1 aromatic carbocycles. The van der Waals surface area contributed by atoms with Gasteiger partial charge in [-0.3, -0.25) is 4.79 Å². The Balaban J connectivity index is 2.30. The van der Waals surface area contributed by atoms with E-state index < -0.39 is 11.9 Å². The molecule has 1 atom stereocenters. The largest absolute Gasteiger partial charge is 0.496 e. The third kappa shape index (κ3) is 3.07. The fourth-order valence-electron chi connectivity index (χ4n) is 1.92. The second-order valence-electron chi connectivity index (χ2n) is 4.04. The molecule has 1 N–H and O–H groups in total. The zero-order chi connectivity index (χ0) is 13.7. The number of benzene rings is 1. The van der Waals surface area contributed by atoms with Gasteiger partial charge < -0.3 is 9.84 Å². The number of hydrogen-bond donors (Lipinski definition) is 1. The topological polar surface area (TPSA) is 72.3 Å².